The molecule has 1 atom stereocenters. The fourth-order valence-electron chi connectivity index (χ4n) is 2.90. The zero-order chi connectivity index (χ0) is 16.3. The van der Waals surface area contributed by atoms with Crippen molar-refractivity contribution in [3.8, 4) is 0 Å². The van der Waals surface area contributed by atoms with Crippen LogP contribution < -0.4 is 4.90 Å². The summed E-state index contributed by atoms with van der Waals surface area (Å²) >= 11 is 0. The first-order valence-corrected chi connectivity index (χ1v) is 7.53. The van der Waals surface area contributed by atoms with Gasteiger partial charge in [0.1, 0.15) is 5.82 Å². The largest absolute Gasteiger partial charge is 0.477 e. The van der Waals surface area contributed by atoms with Crippen molar-refractivity contribution in [2.24, 2.45) is 11.3 Å². The van der Waals surface area contributed by atoms with Gasteiger partial charge in [-0.1, -0.05) is 19.9 Å². The van der Waals surface area contributed by atoms with E-state index in [9.17, 15) is 9.59 Å². The molecular weight excluding hydrogens is 284 g/mol. The maximum absolute atomic E-state index is 12.4. The van der Waals surface area contributed by atoms with Crippen molar-refractivity contribution in [2.45, 2.75) is 27.2 Å². The van der Waals surface area contributed by atoms with Crippen molar-refractivity contribution in [3.63, 3.8) is 0 Å². The van der Waals surface area contributed by atoms with E-state index in [0.29, 0.717) is 31.9 Å². The van der Waals surface area contributed by atoms with Crippen molar-refractivity contribution in [1.29, 1.82) is 0 Å². The lowest BCUT2D eigenvalue weighted by molar-refractivity contribution is -0.156. The van der Waals surface area contributed by atoms with E-state index in [0.717, 1.165) is 0 Å². The Bertz CT molecular complexity index is 573. The number of rotatable bonds is 5. The molecule has 1 unspecified atom stereocenters. The Morgan fingerprint density at radius 3 is 2.77 bits per heavy atom. The number of ether oxygens (including phenoxy) is 1. The summed E-state index contributed by atoms with van der Waals surface area (Å²) in [4.78, 5) is 29.6. The number of aromatic nitrogens is 1. The maximum atomic E-state index is 12.4. The Kier molecular flexibility index (Phi) is 4.68. The second kappa shape index (κ2) is 6.34. The summed E-state index contributed by atoms with van der Waals surface area (Å²) in [5.41, 5.74) is -0.549. The number of carbonyl (C=O) groups excluding carboxylic acids is 1. The molecule has 0 aromatic carbocycles. The van der Waals surface area contributed by atoms with Gasteiger partial charge in [0.05, 0.1) is 12.0 Å². The minimum Gasteiger partial charge on any atom is -0.477 e. The predicted octanol–water partition coefficient (Wildman–Crippen LogP) is 2.20. The van der Waals surface area contributed by atoms with Gasteiger partial charge < -0.3 is 14.7 Å². The number of hydrogen-bond acceptors (Lipinski definition) is 5. The number of pyridine rings is 1. The van der Waals surface area contributed by atoms with E-state index in [1.165, 1.54) is 6.07 Å². The van der Waals surface area contributed by atoms with E-state index >= 15 is 0 Å². The van der Waals surface area contributed by atoms with E-state index in [4.69, 9.17) is 9.84 Å². The average Bonchev–Trinajstić information content (AvgIpc) is 2.94. The van der Waals surface area contributed by atoms with Gasteiger partial charge in [0.15, 0.2) is 5.69 Å². The molecular formula is C16H22N2O4. The molecule has 1 N–H and O–H groups in total. The number of hydrogen-bond donors (Lipinski definition) is 1. The highest BCUT2D eigenvalue weighted by Gasteiger charge is 2.48. The lowest BCUT2D eigenvalue weighted by Crippen LogP contribution is -2.40. The first-order chi connectivity index (χ1) is 10.4. The Balaban J connectivity index is 2.25. The van der Waals surface area contributed by atoms with E-state index in [1.807, 2.05) is 18.7 Å². The molecule has 0 bridgehead atoms. The second-order valence-electron chi connectivity index (χ2n) is 5.89. The van der Waals surface area contributed by atoms with Crippen LogP contribution in [-0.4, -0.2) is 41.7 Å². The molecule has 6 nitrogen and oxygen atoms in total. The minimum absolute atomic E-state index is 0.00989. The standard InChI is InChI=1S/C16H22N2O4/c1-4-22-15(21)16(11(2)3)8-9-18(10-16)13-7-5-6-12(17-13)14(19)20/h5-7,11H,4,8-10H2,1-3H3,(H,19,20). The highest BCUT2D eigenvalue weighted by atomic mass is 16.5. The van der Waals surface area contributed by atoms with Crippen molar-refractivity contribution in [1.82, 2.24) is 4.98 Å². The van der Waals surface area contributed by atoms with Gasteiger partial charge in [0, 0.05) is 13.1 Å². The molecule has 1 fully saturated rings. The molecule has 0 spiro atoms. The monoisotopic (exact) mass is 306 g/mol. The smallest absolute Gasteiger partial charge is 0.354 e. The zero-order valence-electron chi connectivity index (χ0n) is 13.2. The topological polar surface area (TPSA) is 79.7 Å². The fraction of sp³-hybridized carbons (Fsp3) is 0.562. The molecule has 0 radical (unpaired) electrons. The summed E-state index contributed by atoms with van der Waals surface area (Å²) in [6.45, 7) is 7.35. The molecule has 1 aromatic heterocycles. The van der Waals surface area contributed by atoms with Gasteiger partial charge in [0.25, 0.3) is 0 Å². The van der Waals surface area contributed by atoms with Gasteiger partial charge in [-0.15, -0.1) is 0 Å². The molecule has 2 rings (SSSR count). The average molecular weight is 306 g/mol. The molecule has 1 saturated heterocycles. The van der Waals surface area contributed by atoms with Gasteiger partial charge in [-0.25, -0.2) is 9.78 Å². The third-order valence-electron chi connectivity index (χ3n) is 4.37. The van der Waals surface area contributed by atoms with Crippen molar-refractivity contribution < 1.29 is 19.4 Å². The highest BCUT2D eigenvalue weighted by molar-refractivity contribution is 5.86. The van der Waals surface area contributed by atoms with Gasteiger partial charge >= 0.3 is 11.9 Å². The summed E-state index contributed by atoms with van der Waals surface area (Å²) in [6, 6.07) is 4.91. The van der Waals surface area contributed by atoms with Crippen LogP contribution in [0.2, 0.25) is 0 Å². The molecule has 22 heavy (non-hydrogen) atoms. The summed E-state index contributed by atoms with van der Waals surface area (Å²) in [7, 11) is 0. The number of aromatic carboxylic acids is 1. The number of esters is 1. The van der Waals surface area contributed by atoms with E-state index in [1.54, 1.807) is 19.1 Å². The van der Waals surface area contributed by atoms with Crippen LogP contribution in [-0.2, 0) is 9.53 Å². The Morgan fingerprint density at radius 2 is 2.18 bits per heavy atom. The molecule has 1 aromatic rings. The summed E-state index contributed by atoms with van der Waals surface area (Å²) in [6.07, 6.45) is 0.683. The summed E-state index contributed by atoms with van der Waals surface area (Å²) in [5.74, 6) is -0.505. The van der Waals surface area contributed by atoms with Crippen molar-refractivity contribution in [3.05, 3.63) is 23.9 Å². The molecule has 0 aliphatic carbocycles. The second-order valence-corrected chi connectivity index (χ2v) is 5.89. The number of carbonyl (C=O) groups is 2. The predicted molar refractivity (Wildman–Crippen MR) is 81.9 cm³/mol. The SMILES string of the molecule is CCOC(=O)C1(C(C)C)CCN(c2cccc(C(=O)O)n2)C1. The molecule has 1 aliphatic heterocycles. The Labute approximate surface area is 130 Å². The molecule has 120 valence electrons. The summed E-state index contributed by atoms with van der Waals surface area (Å²) in [5, 5.41) is 9.05. The number of carboxylic acid groups (broad SMARTS) is 1. The number of carboxylic acids is 1. The molecule has 1 aliphatic rings. The van der Waals surface area contributed by atoms with Crippen LogP contribution >= 0.6 is 0 Å². The highest BCUT2D eigenvalue weighted by Crippen LogP contribution is 2.40. The van der Waals surface area contributed by atoms with Crippen LogP contribution in [0.4, 0.5) is 5.82 Å². The van der Waals surface area contributed by atoms with Crippen LogP contribution in [0.3, 0.4) is 0 Å². The molecule has 0 saturated carbocycles. The Hall–Kier alpha value is -2.11. The van der Waals surface area contributed by atoms with E-state index < -0.39 is 11.4 Å². The van der Waals surface area contributed by atoms with Crippen molar-refractivity contribution >= 4 is 17.8 Å². The zero-order valence-corrected chi connectivity index (χ0v) is 13.2. The number of anilines is 1. The van der Waals surface area contributed by atoms with Crippen LogP contribution in [0.5, 0.6) is 0 Å². The van der Waals surface area contributed by atoms with Crippen LogP contribution in [0.25, 0.3) is 0 Å². The van der Waals surface area contributed by atoms with Gasteiger partial charge in [-0.05, 0) is 31.4 Å². The van der Waals surface area contributed by atoms with Crippen molar-refractivity contribution in [2.75, 3.05) is 24.6 Å². The number of nitrogens with zero attached hydrogens (tertiary/aromatic N) is 2. The third kappa shape index (κ3) is 2.91. The fourth-order valence-corrected chi connectivity index (χ4v) is 2.90. The Morgan fingerprint density at radius 1 is 1.45 bits per heavy atom. The first kappa shape index (κ1) is 16.3. The normalized spacial score (nSPS) is 21.2. The van der Waals surface area contributed by atoms with Gasteiger partial charge in [-0.2, -0.15) is 0 Å². The minimum atomic E-state index is -1.05. The van der Waals surface area contributed by atoms with Gasteiger partial charge in [-0.3, -0.25) is 4.79 Å². The van der Waals surface area contributed by atoms with Gasteiger partial charge in [0.2, 0.25) is 0 Å². The molecule has 0 amide bonds. The van der Waals surface area contributed by atoms with Crippen LogP contribution in [0.15, 0.2) is 18.2 Å². The van der Waals surface area contributed by atoms with Crippen LogP contribution in [0.1, 0.15) is 37.7 Å². The van der Waals surface area contributed by atoms with E-state index in [2.05, 4.69) is 4.98 Å². The molecule has 6 heteroatoms. The van der Waals surface area contributed by atoms with E-state index in [-0.39, 0.29) is 17.6 Å². The maximum Gasteiger partial charge on any atom is 0.354 e. The molecule has 2 heterocycles. The van der Waals surface area contributed by atoms with Crippen LogP contribution in [0, 0.1) is 11.3 Å². The third-order valence-corrected chi connectivity index (χ3v) is 4.37. The lowest BCUT2D eigenvalue weighted by Gasteiger charge is -2.31. The summed E-state index contributed by atoms with van der Waals surface area (Å²) < 4.78 is 5.26. The lowest BCUT2D eigenvalue weighted by atomic mass is 9.76. The quantitative estimate of drug-likeness (QED) is 0.840. The first-order valence-electron chi connectivity index (χ1n) is 7.53.